The molecule has 0 aromatic heterocycles. The first-order valence-corrected chi connectivity index (χ1v) is 11.1. The molecular weight excluding hydrogens is 380 g/mol. The van der Waals surface area contributed by atoms with Crippen LogP contribution in [0.5, 0.6) is 0 Å². The zero-order valence-corrected chi connectivity index (χ0v) is 18.9. The number of hydrogen-bond donors (Lipinski definition) is 2. The highest BCUT2D eigenvalue weighted by molar-refractivity contribution is 5.70. The number of fused-ring (bicyclic) bond motifs is 1. The third-order valence-corrected chi connectivity index (χ3v) is 5.45. The number of amides is 1. The summed E-state index contributed by atoms with van der Waals surface area (Å²) in [6.45, 7) is 10.2. The van der Waals surface area contributed by atoms with E-state index in [0.717, 1.165) is 43.6 Å². The number of piperidine rings is 1. The SMILES string of the molecule is CCOC(C)OC1=CC[C@@H]2N[C@H](C3=CC=C(NC(=O)OC(C)(C)C)CC3)CCC2=C1. The molecular formula is C24H36N2O4. The second kappa shape index (κ2) is 9.84. The van der Waals surface area contributed by atoms with E-state index in [2.05, 4.69) is 28.9 Å². The molecule has 1 fully saturated rings. The van der Waals surface area contributed by atoms with Crippen LogP contribution in [0, 0.1) is 0 Å². The number of alkyl carbamates (subject to hydrolysis) is 1. The van der Waals surface area contributed by atoms with E-state index in [1.54, 1.807) is 0 Å². The first-order valence-electron chi connectivity index (χ1n) is 11.1. The minimum Gasteiger partial charge on any atom is -0.466 e. The molecule has 166 valence electrons. The Morgan fingerprint density at radius 1 is 1.20 bits per heavy atom. The van der Waals surface area contributed by atoms with E-state index in [4.69, 9.17) is 14.2 Å². The molecule has 3 rings (SSSR count). The minimum absolute atomic E-state index is 0.221. The lowest BCUT2D eigenvalue weighted by molar-refractivity contribution is -0.0962. The van der Waals surface area contributed by atoms with Gasteiger partial charge in [0.25, 0.3) is 0 Å². The van der Waals surface area contributed by atoms with E-state index in [1.165, 1.54) is 11.1 Å². The van der Waals surface area contributed by atoms with E-state index < -0.39 is 5.60 Å². The fourth-order valence-corrected chi connectivity index (χ4v) is 4.10. The van der Waals surface area contributed by atoms with Gasteiger partial charge in [-0.2, -0.15) is 0 Å². The lowest BCUT2D eigenvalue weighted by Gasteiger charge is -2.37. The van der Waals surface area contributed by atoms with Gasteiger partial charge in [0, 0.05) is 24.4 Å². The molecule has 1 amide bonds. The molecule has 0 aromatic rings. The number of carbonyl (C=O) groups is 1. The fraction of sp³-hybridized carbons (Fsp3) is 0.625. The van der Waals surface area contributed by atoms with Crippen molar-refractivity contribution in [2.24, 2.45) is 0 Å². The average molecular weight is 417 g/mol. The number of rotatable bonds is 6. The maximum atomic E-state index is 12.0. The Morgan fingerprint density at radius 2 is 2.00 bits per heavy atom. The van der Waals surface area contributed by atoms with E-state index in [0.29, 0.717) is 18.7 Å². The van der Waals surface area contributed by atoms with Crippen molar-refractivity contribution in [1.29, 1.82) is 0 Å². The van der Waals surface area contributed by atoms with E-state index in [-0.39, 0.29) is 12.4 Å². The van der Waals surface area contributed by atoms with Gasteiger partial charge in [-0.15, -0.1) is 0 Å². The second-order valence-corrected chi connectivity index (χ2v) is 9.07. The molecule has 6 nitrogen and oxygen atoms in total. The molecule has 3 atom stereocenters. The van der Waals surface area contributed by atoms with Gasteiger partial charge in [-0.1, -0.05) is 11.6 Å². The summed E-state index contributed by atoms with van der Waals surface area (Å²) in [6, 6.07) is 0.745. The predicted octanol–water partition coefficient (Wildman–Crippen LogP) is 4.85. The third kappa shape index (κ3) is 6.47. The summed E-state index contributed by atoms with van der Waals surface area (Å²) in [5.74, 6) is 0.917. The van der Waals surface area contributed by atoms with Crippen LogP contribution in [-0.2, 0) is 14.2 Å². The summed E-state index contributed by atoms with van der Waals surface area (Å²) >= 11 is 0. The Hall–Kier alpha value is -2.05. The van der Waals surface area contributed by atoms with Crippen molar-refractivity contribution in [1.82, 2.24) is 10.6 Å². The highest BCUT2D eigenvalue weighted by atomic mass is 16.7. The lowest BCUT2D eigenvalue weighted by Crippen LogP contribution is -2.45. The molecule has 0 bridgehead atoms. The van der Waals surface area contributed by atoms with Crippen LogP contribution in [0.1, 0.15) is 66.7 Å². The Balaban J connectivity index is 1.53. The van der Waals surface area contributed by atoms with Crippen LogP contribution >= 0.6 is 0 Å². The van der Waals surface area contributed by atoms with Gasteiger partial charge in [-0.3, -0.25) is 5.32 Å². The van der Waals surface area contributed by atoms with Gasteiger partial charge < -0.3 is 19.5 Å². The largest absolute Gasteiger partial charge is 0.466 e. The summed E-state index contributed by atoms with van der Waals surface area (Å²) in [5.41, 5.74) is 3.24. The molecule has 0 aromatic carbocycles. The van der Waals surface area contributed by atoms with Crippen molar-refractivity contribution in [2.75, 3.05) is 6.61 Å². The van der Waals surface area contributed by atoms with Gasteiger partial charge in [0.15, 0.2) is 6.29 Å². The molecule has 2 N–H and O–H groups in total. The van der Waals surface area contributed by atoms with Crippen LogP contribution in [0.3, 0.4) is 0 Å². The summed E-state index contributed by atoms with van der Waals surface area (Å²) in [4.78, 5) is 12.0. The van der Waals surface area contributed by atoms with Crippen LogP contribution in [0.4, 0.5) is 4.79 Å². The molecule has 6 heteroatoms. The number of nitrogens with one attached hydrogen (secondary N) is 2. The fourth-order valence-electron chi connectivity index (χ4n) is 4.10. The number of carbonyl (C=O) groups excluding carboxylic acids is 1. The summed E-state index contributed by atoms with van der Waals surface area (Å²) in [5, 5.41) is 6.67. The van der Waals surface area contributed by atoms with Crippen molar-refractivity contribution in [3.8, 4) is 0 Å². The van der Waals surface area contributed by atoms with Crippen LogP contribution in [0.25, 0.3) is 0 Å². The van der Waals surface area contributed by atoms with E-state index in [9.17, 15) is 4.79 Å². The zero-order valence-electron chi connectivity index (χ0n) is 18.9. The highest BCUT2D eigenvalue weighted by Crippen LogP contribution is 2.32. The first-order chi connectivity index (χ1) is 14.2. The maximum absolute atomic E-state index is 12.0. The Bertz CT molecular complexity index is 758. The molecule has 30 heavy (non-hydrogen) atoms. The molecule has 1 heterocycles. The summed E-state index contributed by atoms with van der Waals surface area (Å²) in [6.07, 6.45) is 12.7. The highest BCUT2D eigenvalue weighted by Gasteiger charge is 2.29. The van der Waals surface area contributed by atoms with Crippen molar-refractivity contribution < 1.29 is 19.0 Å². The number of ether oxygens (including phenoxy) is 3. The van der Waals surface area contributed by atoms with Crippen LogP contribution < -0.4 is 10.6 Å². The van der Waals surface area contributed by atoms with Crippen LogP contribution in [0.15, 0.2) is 46.9 Å². The molecule has 3 aliphatic rings. The normalized spacial score (nSPS) is 25.1. The molecule has 0 saturated carbocycles. The van der Waals surface area contributed by atoms with Crippen molar-refractivity contribution >= 4 is 6.09 Å². The van der Waals surface area contributed by atoms with E-state index in [1.807, 2.05) is 40.7 Å². The van der Waals surface area contributed by atoms with Crippen molar-refractivity contribution in [2.45, 2.75) is 90.7 Å². The Kier molecular flexibility index (Phi) is 7.42. The maximum Gasteiger partial charge on any atom is 0.411 e. The lowest BCUT2D eigenvalue weighted by atomic mass is 9.83. The van der Waals surface area contributed by atoms with E-state index >= 15 is 0 Å². The minimum atomic E-state index is -0.488. The van der Waals surface area contributed by atoms with Crippen LogP contribution in [-0.4, -0.2) is 36.7 Å². The molecule has 1 saturated heterocycles. The summed E-state index contributed by atoms with van der Waals surface area (Å²) < 4.78 is 16.7. The molecule has 0 spiro atoms. The zero-order chi connectivity index (χ0) is 21.7. The topological polar surface area (TPSA) is 68.8 Å². The van der Waals surface area contributed by atoms with Gasteiger partial charge in [-0.25, -0.2) is 4.79 Å². The van der Waals surface area contributed by atoms with Crippen LogP contribution in [0.2, 0.25) is 0 Å². The number of allylic oxidation sites excluding steroid dienone is 4. The second-order valence-electron chi connectivity index (χ2n) is 9.07. The number of hydrogen-bond acceptors (Lipinski definition) is 5. The monoisotopic (exact) mass is 416 g/mol. The first kappa shape index (κ1) is 22.6. The standard InChI is InChI=1S/C24H36N2O4/c1-6-28-16(2)29-20-12-14-22-18(15-20)9-13-21(26-22)17-7-10-19(11-8-17)25-23(27)30-24(3,4)5/h7,10,12,15-16,21-22,26H,6,8-9,11,13-14H2,1-5H3,(H,25,27)/t16?,21-,22-/m0/s1. The summed E-state index contributed by atoms with van der Waals surface area (Å²) in [7, 11) is 0. The predicted molar refractivity (Wildman–Crippen MR) is 118 cm³/mol. The molecule has 0 radical (unpaired) electrons. The quantitative estimate of drug-likeness (QED) is 0.606. The van der Waals surface area contributed by atoms with Gasteiger partial charge in [-0.05, 0) is 90.5 Å². The van der Waals surface area contributed by atoms with Crippen molar-refractivity contribution in [3.63, 3.8) is 0 Å². The Labute approximate surface area is 180 Å². The smallest absolute Gasteiger partial charge is 0.411 e. The van der Waals surface area contributed by atoms with Crippen molar-refractivity contribution in [3.05, 3.63) is 46.9 Å². The van der Waals surface area contributed by atoms with Gasteiger partial charge in [0.2, 0.25) is 0 Å². The average Bonchev–Trinajstić information content (AvgIpc) is 2.67. The Morgan fingerprint density at radius 3 is 2.67 bits per heavy atom. The molecule has 1 aliphatic heterocycles. The van der Waals surface area contributed by atoms with Gasteiger partial charge >= 0.3 is 6.09 Å². The van der Waals surface area contributed by atoms with Gasteiger partial charge in [0.1, 0.15) is 11.4 Å². The molecule has 1 unspecified atom stereocenters. The molecule has 2 aliphatic carbocycles. The third-order valence-electron chi connectivity index (χ3n) is 5.45. The van der Waals surface area contributed by atoms with Gasteiger partial charge in [0.05, 0.1) is 0 Å².